The molecule has 0 amide bonds. The van der Waals surface area contributed by atoms with Crippen molar-refractivity contribution in [3.8, 4) is 0 Å². The van der Waals surface area contributed by atoms with Gasteiger partial charge in [0.05, 0.1) is 11.9 Å². The third-order valence-electron chi connectivity index (χ3n) is 2.35. The normalized spacial score (nSPS) is 11.5. The van der Waals surface area contributed by atoms with Crippen LogP contribution < -0.4 is 5.32 Å². The molecule has 2 heteroatoms. The van der Waals surface area contributed by atoms with Crippen molar-refractivity contribution in [3.05, 3.63) is 23.5 Å². The third kappa shape index (κ3) is 2.25. The van der Waals surface area contributed by atoms with Gasteiger partial charge in [0.1, 0.15) is 0 Å². The van der Waals surface area contributed by atoms with E-state index in [-0.39, 0.29) is 5.41 Å². The summed E-state index contributed by atoms with van der Waals surface area (Å²) in [5.41, 5.74) is 3.77. The Bertz CT molecular complexity index is 311. The Morgan fingerprint density at radius 1 is 1.36 bits per heavy atom. The molecule has 0 saturated carbocycles. The van der Waals surface area contributed by atoms with Gasteiger partial charge in [-0.15, -0.1) is 0 Å². The van der Waals surface area contributed by atoms with E-state index < -0.39 is 0 Å². The number of nitrogens with one attached hydrogen (secondary N) is 1. The van der Waals surface area contributed by atoms with Gasteiger partial charge < -0.3 is 5.32 Å². The highest BCUT2D eigenvalue weighted by atomic mass is 14.9. The summed E-state index contributed by atoms with van der Waals surface area (Å²) in [6, 6.07) is 2.19. The fraction of sp³-hybridized carbons (Fsp3) is 0.583. The monoisotopic (exact) mass is 192 g/mol. The lowest BCUT2D eigenvalue weighted by Gasteiger charge is -2.21. The molecule has 0 aliphatic rings. The molecule has 0 saturated heterocycles. The van der Waals surface area contributed by atoms with Crippen molar-refractivity contribution in [1.82, 2.24) is 4.98 Å². The smallest absolute Gasteiger partial charge is 0.0527 e. The fourth-order valence-electron chi connectivity index (χ4n) is 1.59. The number of aryl methyl sites for hydroxylation is 1. The van der Waals surface area contributed by atoms with Crippen LogP contribution in [0.4, 0.5) is 5.69 Å². The predicted molar refractivity (Wildman–Crippen MR) is 61.9 cm³/mol. The van der Waals surface area contributed by atoms with Gasteiger partial charge >= 0.3 is 0 Å². The molecule has 0 unspecified atom stereocenters. The number of aromatic nitrogens is 1. The number of hydrogen-bond donors (Lipinski definition) is 1. The second-order valence-corrected chi connectivity index (χ2v) is 4.59. The molecule has 0 bridgehead atoms. The van der Waals surface area contributed by atoms with Gasteiger partial charge in [-0.25, -0.2) is 0 Å². The van der Waals surface area contributed by atoms with Crippen LogP contribution in [0.3, 0.4) is 0 Å². The molecule has 0 aliphatic carbocycles. The van der Waals surface area contributed by atoms with Crippen molar-refractivity contribution in [1.29, 1.82) is 0 Å². The first-order valence-corrected chi connectivity index (χ1v) is 5.16. The minimum absolute atomic E-state index is 0.137. The summed E-state index contributed by atoms with van der Waals surface area (Å²) < 4.78 is 0. The molecule has 1 N–H and O–H groups in total. The van der Waals surface area contributed by atoms with E-state index in [2.05, 4.69) is 44.1 Å². The molecule has 0 fully saturated rings. The van der Waals surface area contributed by atoms with Gasteiger partial charge in [-0.1, -0.05) is 27.7 Å². The number of rotatable bonds is 2. The Kier molecular flexibility index (Phi) is 3.14. The fourth-order valence-corrected chi connectivity index (χ4v) is 1.59. The maximum atomic E-state index is 4.53. The van der Waals surface area contributed by atoms with Crippen LogP contribution >= 0.6 is 0 Å². The lowest BCUT2D eigenvalue weighted by molar-refractivity contribution is 0.561. The van der Waals surface area contributed by atoms with Crippen molar-refractivity contribution in [2.24, 2.45) is 0 Å². The van der Waals surface area contributed by atoms with Crippen molar-refractivity contribution in [3.63, 3.8) is 0 Å². The van der Waals surface area contributed by atoms with Crippen molar-refractivity contribution in [2.75, 3.05) is 12.4 Å². The molecule has 2 nitrogen and oxygen atoms in total. The topological polar surface area (TPSA) is 24.9 Å². The summed E-state index contributed by atoms with van der Waals surface area (Å²) in [4.78, 5) is 4.53. The summed E-state index contributed by atoms with van der Waals surface area (Å²) in [7, 11) is 1.92. The highest BCUT2D eigenvalue weighted by molar-refractivity contribution is 5.45. The van der Waals surface area contributed by atoms with E-state index in [0.717, 1.165) is 12.1 Å². The molecule has 1 rings (SSSR count). The molecule has 0 radical (unpaired) electrons. The molecule has 0 atom stereocenters. The van der Waals surface area contributed by atoms with Crippen LogP contribution in [0.1, 0.15) is 39.0 Å². The lowest BCUT2D eigenvalue weighted by Crippen LogP contribution is -2.16. The van der Waals surface area contributed by atoms with E-state index in [1.54, 1.807) is 0 Å². The van der Waals surface area contributed by atoms with E-state index in [1.807, 2.05) is 13.2 Å². The van der Waals surface area contributed by atoms with Gasteiger partial charge in [0, 0.05) is 18.2 Å². The highest BCUT2D eigenvalue weighted by Crippen LogP contribution is 2.25. The quantitative estimate of drug-likeness (QED) is 0.779. The van der Waals surface area contributed by atoms with Crippen molar-refractivity contribution < 1.29 is 0 Å². The number of nitrogens with zero attached hydrogens (tertiary/aromatic N) is 1. The van der Waals surface area contributed by atoms with Crippen LogP contribution in [-0.2, 0) is 11.8 Å². The summed E-state index contributed by atoms with van der Waals surface area (Å²) in [6.45, 7) is 8.78. The van der Waals surface area contributed by atoms with E-state index in [9.17, 15) is 0 Å². The predicted octanol–water partition coefficient (Wildman–Crippen LogP) is 2.98. The molecular weight excluding hydrogens is 172 g/mol. The molecule has 0 aromatic carbocycles. The van der Waals surface area contributed by atoms with Crippen LogP contribution in [0.15, 0.2) is 12.3 Å². The van der Waals surface area contributed by atoms with Crippen LogP contribution in [0.25, 0.3) is 0 Å². The van der Waals surface area contributed by atoms with Crippen LogP contribution in [0.2, 0.25) is 0 Å². The molecule has 1 aromatic rings. The Labute approximate surface area is 86.8 Å². The Balaban J connectivity index is 3.18. The molecule has 0 aliphatic heterocycles. The SMILES string of the molecule is CCc1cc(NC)cnc1C(C)(C)C. The van der Waals surface area contributed by atoms with Gasteiger partial charge in [0.25, 0.3) is 0 Å². The zero-order valence-corrected chi connectivity index (χ0v) is 9.81. The van der Waals surface area contributed by atoms with E-state index >= 15 is 0 Å². The molecule has 78 valence electrons. The second-order valence-electron chi connectivity index (χ2n) is 4.59. The van der Waals surface area contributed by atoms with Crippen LogP contribution in [0, 0.1) is 0 Å². The van der Waals surface area contributed by atoms with Gasteiger partial charge in [-0.3, -0.25) is 4.98 Å². The summed E-state index contributed by atoms with van der Waals surface area (Å²) in [5.74, 6) is 0. The minimum Gasteiger partial charge on any atom is -0.387 e. The maximum absolute atomic E-state index is 4.53. The van der Waals surface area contributed by atoms with Gasteiger partial charge in [0.15, 0.2) is 0 Å². The highest BCUT2D eigenvalue weighted by Gasteiger charge is 2.18. The number of anilines is 1. The average molecular weight is 192 g/mol. The van der Waals surface area contributed by atoms with E-state index in [4.69, 9.17) is 0 Å². The molecule has 1 heterocycles. The first-order valence-electron chi connectivity index (χ1n) is 5.16. The van der Waals surface area contributed by atoms with Gasteiger partial charge in [-0.2, -0.15) is 0 Å². The lowest BCUT2D eigenvalue weighted by atomic mass is 9.87. The molecule has 0 spiro atoms. The largest absolute Gasteiger partial charge is 0.387 e. The number of pyridine rings is 1. The third-order valence-corrected chi connectivity index (χ3v) is 2.35. The maximum Gasteiger partial charge on any atom is 0.0527 e. The first kappa shape index (κ1) is 11.0. The van der Waals surface area contributed by atoms with Crippen LogP contribution in [-0.4, -0.2) is 12.0 Å². The zero-order chi connectivity index (χ0) is 10.8. The average Bonchev–Trinajstić information content (AvgIpc) is 2.15. The molecule has 14 heavy (non-hydrogen) atoms. The second kappa shape index (κ2) is 3.99. The molecular formula is C12H20N2. The summed E-state index contributed by atoms with van der Waals surface area (Å²) >= 11 is 0. The minimum atomic E-state index is 0.137. The van der Waals surface area contributed by atoms with Gasteiger partial charge in [-0.05, 0) is 18.1 Å². The van der Waals surface area contributed by atoms with Crippen molar-refractivity contribution in [2.45, 2.75) is 39.5 Å². The Morgan fingerprint density at radius 2 is 2.00 bits per heavy atom. The standard InChI is InChI=1S/C12H20N2/c1-6-9-7-10(13-5)8-14-11(9)12(2,3)4/h7-8,13H,6H2,1-5H3. The Morgan fingerprint density at radius 3 is 2.43 bits per heavy atom. The zero-order valence-electron chi connectivity index (χ0n) is 9.81. The van der Waals surface area contributed by atoms with Crippen LogP contribution in [0.5, 0.6) is 0 Å². The van der Waals surface area contributed by atoms with Gasteiger partial charge in [0.2, 0.25) is 0 Å². The Hall–Kier alpha value is -1.05. The molecule has 1 aromatic heterocycles. The number of hydrogen-bond acceptors (Lipinski definition) is 2. The first-order chi connectivity index (χ1) is 6.49. The van der Waals surface area contributed by atoms with E-state index in [0.29, 0.717) is 0 Å². The van der Waals surface area contributed by atoms with E-state index in [1.165, 1.54) is 11.3 Å². The summed E-state index contributed by atoms with van der Waals surface area (Å²) in [6.07, 6.45) is 2.94. The van der Waals surface area contributed by atoms with Crippen molar-refractivity contribution >= 4 is 5.69 Å². The summed E-state index contributed by atoms with van der Waals surface area (Å²) in [5, 5.41) is 3.12.